The number of thiol groups is 1. The van der Waals surface area contributed by atoms with Gasteiger partial charge in [-0.3, -0.25) is 4.90 Å². The van der Waals surface area contributed by atoms with Gasteiger partial charge in [0, 0.05) is 18.3 Å². The number of rotatable bonds is 5. The standard InChI is InChI=1S/C9H19NS/c1-5-9(3)10(4)6-8(2)7-11/h9,11H,2,5-7H2,1,3-4H3. The molecule has 1 unspecified atom stereocenters. The SMILES string of the molecule is C=C(CS)CN(C)C(C)CC. The van der Waals surface area contributed by atoms with Crippen molar-refractivity contribution in [3.05, 3.63) is 12.2 Å². The molecule has 1 atom stereocenters. The molecule has 0 amide bonds. The van der Waals surface area contributed by atoms with E-state index in [9.17, 15) is 0 Å². The normalized spacial score (nSPS) is 13.5. The van der Waals surface area contributed by atoms with Crippen molar-refractivity contribution in [2.75, 3.05) is 19.3 Å². The van der Waals surface area contributed by atoms with E-state index in [1.54, 1.807) is 0 Å². The van der Waals surface area contributed by atoms with Crippen LogP contribution < -0.4 is 0 Å². The Morgan fingerprint density at radius 2 is 2.18 bits per heavy atom. The van der Waals surface area contributed by atoms with Gasteiger partial charge in [-0.1, -0.05) is 19.1 Å². The molecule has 0 aliphatic carbocycles. The van der Waals surface area contributed by atoms with Crippen molar-refractivity contribution < 1.29 is 0 Å². The fourth-order valence-electron chi connectivity index (χ4n) is 0.870. The largest absolute Gasteiger partial charge is 0.300 e. The minimum atomic E-state index is 0.645. The fourth-order valence-corrected chi connectivity index (χ4v) is 0.970. The molecule has 0 aromatic carbocycles. The smallest absolute Gasteiger partial charge is 0.0198 e. The maximum absolute atomic E-state index is 4.16. The van der Waals surface area contributed by atoms with E-state index in [4.69, 9.17) is 0 Å². The van der Waals surface area contributed by atoms with Crippen LogP contribution in [0.3, 0.4) is 0 Å². The first-order valence-corrected chi connectivity index (χ1v) is 4.72. The molecule has 66 valence electrons. The zero-order chi connectivity index (χ0) is 8.85. The van der Waals surface area contributed by atoms with Gasteiger partial charge in [-0.2, -0.15) is 12.6 Å². The molecule has 11 heavy (non-hydrogen) atoms. The Morgan fingerprint density at radius 3 is 2.55 bits per heavy atom. The van der Waals surface area contributed by atoms with Gasteiger partial charge in [-0.25, -0.2) is 0 Å². The highest BCUT2D eigenvalue weighted by Gasteiger charge is 2.06. The first kappa shape index (κ1) is 11.1. The third-order valence-corrected chi connectivity index (χ3v) is 2.49. The second-order valence-electron chi connectivity index (χ2n) is 3.08. The maximum Gasteiger partial charge on any atom is 0.0198 e. The molecule has 0 aromatic heterocycles. The molecule has 0 bridgehead atoms. The average molecular weight is 173 g/mol. The van der Waals surface area contributed by atoms with Gasteiger partial charge in [0.05, 0.1) is 0 Å². The van der Waals surface area contributed by atoms with Crippen LogP contribution in [0.15, 0.2) is 12.2 Å². The van der Waals surface area contributed by atoms with E-state index in [-0.39, 0.29) is 0 Å². The fraction of sp³-hybridized carbons (Fsp3) is 0.778. The number of hydrogen-bond donors (Lipinski definition) is 1. The minimum absolute atomic E-state index is 0.645. The molecule has 0 heterocycles. The molecule has 0 saturated heterocycles. The first-order chi connectivity index (χ1) is 5.11. The van der Waals surface area contributed by atoms with Crippen molar-refractivity contribution in [2.45, 2.75) is 26.3 Å². The molecule has 0 aliphatic rings. The Balaban J connectivity index is 3.67. The molecule has 2 heteroatoms. The molecular formula is C9H19NS. The number of nitrogens with zero attached hydrogens (tertiary/aromatic N) is 1. The van der Waals surface area contributed by atoms with E-state index in [0.717, 1.165) is 12.3 Å². The van der Waals surface area contributed by atoms with Gasteiger partial charge in [-0.05, 0) is 20.4 Å². The van der Waals surface area contributed by atoms with Crippen molar-refractivity contribution in [3.63, 3.8) is 0 Å². The van der Waals surface area contributed by atoms with Gasteiger partial charge in [0.15, 0.2) is 0 Å². The van der Waals surface area contributed by atoms with Gasteiger partial charge in [-0.15, -0.1) is 0 Å². The van der Waals surface area contributed by atoms with Crippen LogP contribution in [0.2, 0.25) is 0 Å². The summed E-state index contributed by atoms with van der Waals surface area (Å²) in [7, 11) is 2.13. The van der Waals surface area contributed by atoms with Crippen molar-refractivity contribution in [1.29, 1.82) is 0 Å². The van der Waals surface area contributed by atoms with E-state index >= 15 is 0 Å². The quantitative estimate of drug-likeness (QED) is 0.493. The summed E-state index contributed by atoms with van der Waals surface area (Å²) >= 11 is 4.16. The van der Waals surface area contributed by atoms with Crippen LogP contribution in [0.5, 0.6) is 0 Å². The summed E-state index contributed by atoms with van der Waals surface area (Å²) in [5, 5.41) is 0. The first-order valence-electron chi connectivity index (χ1n) is 4.09. The predicted molar refractivity (Wildman–Crippen MR) is 55.4 cm³/mol. The summed E-state index contributed by atoms with van der Waals surface area (Å²) in [6.45, 7) is 9.31. The zero-order valence-electron chi connectivity index (χ0n) is 7.80. The lowest BCUT2D eigenvalue weighted by Gasteiger charge is -2.23. The highest BCUT2D eigenvalue weighted by molar-refractivity contribution is 7.80. The molecule has 0 aliphatic heterocycles. The van der Waals surface area contributed by atoms with Crippen LogP contribution in [0.1, 0.15) is 20.3 Å². The molecule has 0 spiro atoms. The van der Waals surface area contributed by atoms with Crippen molar-refractivity contribution >= 4 is 12.6 Å². The summed E-state index contributed by atoms with van der Waals surface area (Å²) < 4.78 is 0. The van der Waals surface area contributed by atoms with E-state index in [1.165, 1.54) is 12.0 Å². The molecule has 0 radical (unpaired) electrons. The Hall–Kier alpha value is 0.0500. The summed E-state index contributed by atoms with van der Waals surface area (Å²) in [5.74, 6) is 0.792. The second kappa shape index (κ2) is 5.67. The molecule has 0 aromatic rings. The summed E-state index contributed by atoms with van der Waals surface area (Å²) in [4.78, 5) is 2.30. The average Bonchev–Trinajstić information content (AvgIpc) is 2.02. The molecule has 0 N–H and O–H groups in total. The second-order valence-corrected chi connectivity index (χ2v) is 3.40. The Kier molecular flexibility index (Phi) is 5.69. The minimum Gasteiger partial charge on any atom is -0.300 e. The lowest BCUT2D eigenvalue weighted by molar-refractivity contribution is 0.273. The van der Waals surface area contributed by atoms with Gasteiger partial charge in [0.1, 0.15) is 0 Å². The molecule has 0 rings (SSSR count). The molecular weight excluding hydrogens is 154 g/mol. The zero-order valence-corrected chi connectivity index (χ0v) is 8.69. The monoisotopic (exact) mass is 173 g/mol. The van der Waals surface area contributed by atoms with Crippen molar-refractivity contribution in [2.24, 2.45) is 0 Å². The van der Waals surface area contributed by atoms with Crippen molar-refractivity contribution in [3.8, 4) is 0 Å². The van der Waals surface area contributed by atoms with Crippen LogP contribution in [0.4, 0.5) is 0 Å². The third-order valence-electron chi connectivity index (χ3n) is 2.04. The molecule has 0 saturated carbocycles. The van der Waals surface area contributed by atoms with Gasteiger partial charge < -0.3 is 0 Å². The van der Waals surface area contributed by atoms with Gasteiger partial charge >= 0.3 is 0 Å². The lowest BCUT2D eigenvalue weighted by Crippen LogP contribution is -2.30. The van der Waals surface area contributed by atoms with Crippen LogP contribution in [0.25, 0.3) is 0 Å². The van der Waals surface area contributed by atoms with Crippen molar-refractivity contribution in [1.82, 2.24) is 4.90 Å². The lowest BCUT2D eigenvalue weighted by atomic mass is 10.2. The highest BCUT2D eigenvalue weighted by Crippen LogP contribution is 2.03. The van der Waals surface area contributed by atoms with E-state index in [0.29, 0.717) is 6.04 Å². The molecule has 0 fully saturated rings. The van der Waals surface area contributed by atoms with Crippen LogP contribution in [-0.4, -0.2) is 30.3 Å². The van der Waals surface area contributed by atoms with Crippen LogP contribution in [0, 0.1) is 0 Å². The highest BCUT2D eigenvalue weighted by atomic mass is 32.1. The third kappa shape index (κ3) is 4.49. The van der Waals surface area contributed by atoms with E-state index in [1.807, 2.05) is 0 Å². The summed E-state index contributed by atoms with van der Waals surface area (Å²) in [5.41, 5.74) is 1.19. The number of likely N-dealkylation sites (N-methyl/N-ethyl adjacent to an activating group) is 1. The Labute approximate surface area is 75.9 Å². The predicted octanol–water partition coefficient (Wildman–Crippen LogP) is 2.20. The van der Waals surface area contributed by atoms with E-state index < -0.39 is 0 Å². The molecule has 1 nitrogen and oxygen atoms in total. The topological polar surface area (TPSA) is 3.24 Å². The van der Waals surface area contributed by atoms with Crippen LogP contribution in [-0.2, 0) is 0 Å². The van der Waals surface area contributed by atoms with E-state index in [2.05, 4.69) is 45.0 Å². The van der Waals surface area contributed by atoms with Gasteiger partial charge in [0.2, 0.25) is 0 Å². The maximum atomic E-state index is 4.16. The Morgan fingerprint density at radius 1 is 1.64 bits per heavy atom. The summed E-state index contributed by atoms with van der Waals surface area (Å²) in [6, 6.07) is 0.645. The Bertz CT molecular complexity index is 123. The number of hydrogen-bond acceptors (Lipinski definition) is 2. The summed E-state index contributed by atoms with van der Waals surface area (Å²) in [6.07, 6.45) is 1.19. The van der Waals surface area contributed by atoms with Gasteiger partial charge in [0.25, 0.3) is 0 Å². The van der Waals surface area contributed by atoms with Crippen LogP contribution >= 0.6 is 12.6 Å².